The molecule has 1 rings (SSSR count). The van der Waals surface area contributed by atoms with E-state index in [-0.39, 0.29) is 0 Å². The first kappa shape index (κ1) is 10.3. The Bertz CT molecular complexity index is 338. The number of hydrogen-bond acceptors (Lipinski definition) is 1. The molecule has 68 valence electrons. The minimum absolute atomic E-state index is 0.362. The zero-order chi connectivity index (χ0) is 9.84. The largest absolute Gasteiger partial charge is 0.387 e. The molecule has 13 heavy (non-hydrogen) atoms. The van der Waals surface area contributed by atoms with Gasteiger partial charge in [0.05, 0.1) is 6.10 Å². The van der Waals surface area contributed by atoms with Crippen LogP contribution in [0, 0.1) is 19.3 Å². The molecule has 0 aliphatic carbocycles. The third-order valence-corrected chi connectivity index (χ3v) is 2.77. The summed E-state index contributed by atoms with van der Waals surface area (Å²) in [5.41, 5.74) is 1.98. The zero-order valence-electron chi connectivity index (χ0n) is 7.42. The fourth-order valence-corrected chi connectivity index (χ4v) is 1.35. The van der Waals surface area contributed by atoms with Gasteiger partial charge in [-0.05, 0) is 24.1 Å². The van der Waals surface area contributed by atoms with Gasteiger partial charge in [0.1, 0.15) is 0 Å². The van der Waals surface area contributed by atoms with Gasteiger partial charge in [0.25, 0.3) is 0 Å². The Morgan fingerprint density at radius 2 is 2.31 bits per heavy atom. The lowest BCUT2D eigenvalue weighted by Gasteiger charge is -2.08. The Morgan fingerprint density at radius 1 is 1.62 bits per heavy atom. The molecule has 1 aromatic rings. The molecule has 1 aromatic carbocycles. The summed E-state index contributed by atoms with van der Waals surface area (Å²) in [4.78, 5) is 0. The third kappa shape index (κ3) is 2.58. The van der Waals surface area contributed by atoms with Crippen LogP contribution in [0.25, 0.3) is 0 Å². The van der Waals surface area contributed by atoms with Crippen LogP contribution in [0.3, 0.4) is 0 Å². The van der Waals surface area contributed by atoms with Crippen molar-refractivity contribution in [3.63, 3.8) is 0 Å². The number of aliphatic hydroxyl groups excluding tert-OH is 1. The lowest BCUT2D eigenvalue weighted by molar-refractivity contribution is 0.184. The van der Waals surface area contributed by atoms with Crippen LogP contribution < -0.4 is 0 Å². The normalized spacial score (nSPS) is 12.2. The molecule has 0 saturated heterocycles. The Kier molecular flexibility index (Phi) is 3.53. The smallest absolute Gasteiger partial charge is 0.0899 e. The Labute approximate surface area is 86.9 Å². The molecule has 0 aromatic heterocycles. The molecule has 0 fully saturated rings. The summed E-state index contributed by atoms with van der Waals surface area (Å²) in [7, 11) is 0. The summed E-state index contributed by atoms with van der Waals surface area (Å²) in [6, 6.07) is 5.73. The standard InChI is InChI=1S/C11H11BrO/c1-3-4-11(13)9-5-6-10(12)8(2)7-9/h1,5-7,11,13H,4H2,2H3. The van der Waals surface area contributed by atoms with Crippen LogP contribution in [0.4, 0.5) is 0 Å². The molecule has 1 N–H and O–H groups in total. The maximum absolute atomic E-state index is 9.58. The van der Waals surface area contributed by atoms with Crippen molar-refractivity contribution in [2.45, 2.75) is 19.4 Å². The van der Waals surface area contributed by atoms with Crippen LogP contribution in [0.15, 0.2) is 22.7 Å². The van der Waals surface area contributed by atoms with Crippen LogP contribution in [-0.4, -0.2) is 5.11 Å². The topological polar surface area (TPSA) is 20.2 Å². The molecule has 1 unspecified atom stereocenters. The number of halogens is 1. The Balaban J connectivity index is 2.91. The van der Waals surface area contributed by atoms with Crippen LogP contribution >= 0.6 is 15.9 Å². The molecule has 0 heterocycles. The molecule has 1 nitrogen and oxygen atoms in total. The highest BCUT2D eigenvalue weighted by molar-refractivity contribution is 9.10. The number of terminal acetylenes is 1. The SMILES string of the molecule is C#CCC(O)c1ccc(Br)c(C)c1. The van der Waals surface area contributed by atoms with Gasteiger partial charge in [0.2, 0.25) is 0 Å². The second kappa shape index (κ2) is 4.45. The van der Waals surface area contributed by atoms with E-state index in [0.717, 1.165) is 15.6 Å². The lowest BCUT2D eigenvalue weighted by Crippen LogP contribution is -1.96. The number of rotatable bonds is 2. The van der Waals surface area contributed by atoms with Crippen LogP contribution in [0.2, 0.25) is 0 Å². The molecule has 0 amide bonds. The molecular formula is C11H11BrO. The Morgan fingerprint density at radius 3 is 2.85 bits per heavy atom. The zero-order valence-corrected chi connectivity index (χ0v) is 9.01. The van der Waals surface area contributed by atoms with Crippen molar-refractivity contribution in [2.75, 3.05) is 0 Å². The van der Waals surface area contributed by atoms with Gasteiger partial charge < -0.3 is 5.11 Å². The van der Waals surface area contributed by atoms with E-state index in [1.54, 1.807) is 0 Å². The van der Waals surface area contributed by atoms with Gasteiger partial charge in [-0.1, -0.05) is 28.1 Å². The van der Waals surface area contributed by atoms with Crippen molar-refractivity contribution >= 4 is 15.9 Å². The van der Waals surface area contributed by atoms with E-state index >= 15 is 0 Å². The molecule has 1 atom stereocenters. The maximum Gasteiger partial charge on any atom is 0.0899 e. The summed E-state index contributed by atoms with van der Waals surface area (Å²) >= 11 is 3.40. The first-order valence-corrected chi connectivity index (χ1v) is 4.82. The number of hydrogen-bond donors (Lipinski definition) is 1. The quantitative estimate of drug-likeness (QED) is 0.787. The van der Waals surface area contributed by atoms with E-state index in [1.807, 2.05) is 25.1 Å². The highest BCUT2D eigenvalue weighted by atomic mass is 79.9. The molecule has 0 aliphatic rings. The van der Waals surface area contributed by atoms with Gasteiger partial charge in [0, 0.05) is 10.9 Å². The average Bonchev–Trinajstić information content (AvgIpc) is 2.10. The van der Waals surface area contributed by atoms with E-state index in [1.165, 1.54) is 0 Å². The van der Waals surface area contributed by atoms with Crippen molar-refractivity contribution < 1.29 is 5.11 Å². The monoisotopic (exact) mass is 238 g/mol. The van der Waals surface area contributed by atoms with Crippen LogP contribution in [0.5, 0.6) is 0 Å². The van der Waals surface area contributed by atoms with Gasteiger partial charge in [0.15, 0.2) is 0 Å². The van der Waals surface area contributed by atoms with Gasteiger partial charge in [-0.2, -0.15) is 0 Å². The highest BCUT2D eigenvalue weighted by Crippen LogP contribution is 2.22. The summed E-state index contributed by atoms with van der Waals surface area (Å²) < 4.78 is 1.05. The number of benzene rings is 1. The fraction of sp³-hybridized carbons (Fsp3) is 0.273. The van der Waals surface area contributed by atoms with Crippen molar-refractivity contribution in [3.8, 4) is 12.3 Å². The van der Waals surface area contributed by atoms with Crippen molar-refractivity contribution in [3.05, 3.63) is 33.8 Å². The Hall–Kier alpha value is -0.780. The van der Waals surface area contributed by atoms with Gasteiger partial charge in [-0.15, -0.1) is 12.3 Å². The molecule has 0 aliphatic heterocycles. The lowest BCUT2D eigenvalue weighted by atomic mass is 10.0. The van der Waals surface area contributed by atoms with Crippen LogP contribution in [-0.2, 0) is 0 Å². The number of aryl methyl sites for hydroxylation is 1. The van der Waals surface area contributed by atoms with Gasteiger partial charge >= 0.3 is 0 Å². The molecule has 0 radical (unpaired) electrons. The van der Waals surface area contributed by atoms with Crippen molar-refractivity contribution in [1.29, 1.82) is 0 Å². The third-order valence-electron chi connectivity index (χ3n) is 1.88. The van der Waals surface area contributed by atoms with E-state index < -0.39 is 6.10 Å². The minimum Gasteiger partial charge on any atom is -0.387 e. The average molecular weight is 239 g/mol. The molecule has 2 heteroatoms. The van der Waals surface area contributed by atoms with E-state index in [4.69, 9.17) is 6.42 Å². The van der Waals surface area contributed by atoms with E-state index in [9.17, 15) is 5.11 Å². The summed E-state index contributed by atoms with van der Waals surface area (Å²) in [5, 5.41) is 9.58. The molecule has 0 saturated carbocycles. The van der Waals surface area contributed by atoms with E-state index in [2.05, 4.69) is 21.9 Å². The summed E-state index contributed by atoms with van der Waals surface area (Å²) in [5.74, 6) is 2.44. The van der Waals surface area contributed by atoms with Gasteiger partial charge in [-0.3, -0.25) is 0 Å². The van der Waals surface area contributed by atoms with E-state index in [0.29, 0.717) is 6.42 Å². The maximum atomic E-state index is 9.58. The predicted octanol–water partition coefficient (Wildman–Crippen LogP) is 2.81. The fourth-order valence-electron chi connectivity index (χ4n) is 1.10. The summed E-state index contributed by atoms with van der Waals surface area (Å²) in [6.07, 6.45) is 4.93. The first-order chi connectivity index (χ1) is 6.15. The number of aliphatic hydroxyl groups is 1. The van der Waals surface area contributed by atoms with Crippen molar-refractivity contribution in [1.82, 2.24) is 0 Å². The second-order valence-corrected chi connectivity index (χ2v) is 3.79. The van der Waals surface area contributed by atoms with Crippen LogP contribution in [0.1, 0.15) is 23.7 Å². The van der Waals surface area contributed by atoms with Gasteiger partial charge in [-0.25, -0.2) is 0 Å². The second-order valence-electron chi connectivity index (χ2n) is 2.93. The highest BCUT2D eigenvalue weighted by Gasteiger charge is 2.06. The molecule has 0 spiro atoms. The van der Waals surface area contributed by atoms with Crippen molar-refractivity contribution in [2.24, 2.45) is 0 Å². The minimum atomic E-state index is -0.545. The predicted molar refractivity (Wildman–Crippen MR) is 57.3 cm³/mol. The summed E-state index contributed by atoms with van der Waals surface area (Å²) in [6.45, 7) is 1.98. The molecule has 0 bridgehead atoms. The first-order valence-electron chi connectivity index (χ1n) is 4.02. The molecular weight excluding hydrogens is 228 g/mol.